The van der Waals surface area contributed by atoms with E-state index < -0.39 is 0 Å². The molecule has 0 saturated carbocycles. The molecule has 13 heavy (non-hydrogen) atoms. The second kappa shape index (κ2) is 3.22. The van der Waals surface area contributed by atoms with Gasteiger partial charge in [-0.2, -0.15) is 0 Å². The minimum atomic E-state index is -0.334. The van der Waals surface area contributed by atoms with E-state index in [1.54, 1.807) is 6.07 Å². The Balaban J connectivity index is 2.27. The molecule has 0 spiro atoms. The number of fused-ring (bicyclic) bond motifs is 1. The average molecular weight is 183 g/mol. The summed E-state index contributed by atoms with van der Waals surface area (Å²) in [6.45, 7) is 0.484. The monoisotopic (exact) mass is 183 g/mol. The van der Waals surface area contributed by atoms with Gasteiger partial charge in [-0.25, -0.2) is 4.39 Å². The summed E-state index contributed by atoms with van der Waals surface area (Å²) >= 11 is 0. The van der Waals surface area contributed by atoms with Crippen molar-refractivity contribution < 1.29 is 14.2 Å². The van der Waals surface area contributed by atoms with Crippen LogP contribution in [0.2, 0.25) is 0 Å². The van der Waals surface area contributed by atoms with E-state index in [4.69, 9.17) is 9.84 Å². The number of ether oxygens (including phenoxy) is 1. The van der Waals surface area contributed by atoms with E-state index >= 15 is 0 Å². The van der Waals surface area contributed by atoms with Gasteiger partial charge in [-0.3, -0.25) is 0 Å². The summed E-state index contributed by atoms with van der Waals surface area (Å²) in [5.41, 5.74) is 0.770. The first-order valence-electron chi connectivity index (χ1n) is 4.10. The highest BCUT2D eigenvalue weighted by atomic mass is 19.1. The van der Waals surface area contributed by atoms with Gasteiger partial charge in [0.2, 0.25) is 0 Å². The maximum Gasteiger partial charge on any atom is 0.145 e. The molecule has 70 valence electrons. The number of aliphatic hydroxyl groups excluding tert-OH is 1. The van der Waals surface area contributed by atoms with E-state index in [9.17, 15) is 4.39 Å². The summed E-state index contributed by atoms with van der Waals surface area (Å²) in [5, 5.41) is 11.9. The summed E-state index contributed by atoms with van der Waals surface area (Å²) in [5.74, 6) is 0.129. The van der Waals surface area contributed by atoms with Crippen molar-refractivity contribution in [3.8, 4) is 5.75 Å². The van der Waals surface area contributed by atoms with Crippen LogP contribution in [0.3, 0.4) is 0 Å². The Labute approximate surface area is 75.1 Å². The van der Waals surface area contributed by atoms with Gasteiger partial charge in [0.05, 0.1) is 18.8 Å². The molecule has 0 bridgehead atoms. The number of nitrogens with one attached hydrogen (secondary N) is 1. The number of halogens is 1. The normalized spacial score (nSPS) is 20.0. The molecule has 1 heterocycles. The smallest absolute Gasteiger partial charge is 0.145 e. The Hall–Kier alpha value is -1.29. The molecule has 0 aliphatic carbocycles. The van der Waals surface area contributed by atoms with Crippen molar-refractivity contribution >= 4 is 5.69 Å². The van der Waals surface area contributed by atoms with Crippen molar-refractivity contribution in [3.05, 3.63) is 24.0 Å². The quantitative estimate of drug-likeness (QED) is 0.682. The molecule has 2 rings (SSSR count). The molecule has 0 radical (unpaired) electrons. The van der Waals surface area contributed by atoms with E-state index in [1.165, 1.54) is 12.1 Å². The number of aliphatic hydroxyl groups is 1. The van der Waals surface area contributed by atoms with Crippen LogP contribution < -0.4 is 10.1 Å². The van der Waals surface area contributed by atoms with Crippen LogP contribution in [0.25, 0.3) is 0 Å². The van der Waals surface area contributed by atoms with Gasteiger partial charge in [-0.1, -0.05) is 0 Å². The van der Waals surface area contributed by atoms with E-state index in [0.717, 1.165) is 5.69 Å². The highest BCUT2D eigenvalue weighted by Crippen LogP contribution is 2.29. The van der Waals surface area contributed by atoms with Crippen LogP contribution in [0.1, 0.15) is 0 Å². The van der Waals surface area contributed by atoms with Gasteiger partial charge in [0.1, 0.15) is 17.7 Å². The highest BCUT2D eigenvalue weighted by Gasteiger charge is 2.18. The number of benzene rings is 1. The lowest BCUT2D eigenvalue weighted by molar-refractivity contribution is 0.119. The molecule has 0 fully saturated rings. The Bertz CT molecular complexity index is 316. The van der Waals surface area contributed by atoms with Crippen LogP contribution in [-0.2, 0) is 0 Å². The van der Waals surface area contributed by atoms with Gasteiger partial charge in [-0.15, -0.1) is 0 Å². The summed E-state index contributed by atoms with van der Waals surface area (Å²) in [7, 11) is 0. The van der Waals surface area contributed by atoms with E-state index in [0.29, 0.717) is 12.3 Å². The topological polar surface area (TPSA) is 41.5 Å². The fourth-order valence-corrected chi connectivity index (χ4v) is 1.29. The van der Waals surface area contributed by atoms with Crippen LogP contribution in [0.15, 0.2) is 18.2 Å². The minimum Gasteiger partial charge on any atom is -0.484 e. The van der Waals surface area contributed by atoms with Crippen molar-refractivity contribution in [2.45, 2.75) is 6.10 Å². The molecule has 1 aromatic carbocycles. The van der Waals surface area contributed by atoms with Crippen molar-refractivity contribution in [2.24, 2.45) is 0 Å². The first-order valence-corrected chi connectivity index (χ1v) is 4.10. The molecule has 4 heteroatoms. The molecule has 3 nitrogen and oxygen atoms in total. The van der Waals surface area contributed by atoms with Gasteiger partial charge in [0, 0.05) is 6.07 Å². The van der Waals surface area contributed by atoms with Crippen molar-refractivity contribution in [1.29, 1.82) is 0 Å². The van der Waals surface area contributed by atoms with Gasteiger partial charge >= 0.3 is 0 Å². The molecule has 0 unspecified atom stereocenters. The average Bonchev–Trinajstić information content (AvgIpc) is 2.16. The highest BCUT2D eigenvalue weighted by molar-refractivity contribution is 5.57. The first-order chi connectivity index (χ1) is 6.29. The summed E-state index contributed by atoms with van der Waals surface area (Å²) in [6.07, 6.45) is -0.283. The number of hydrogen-bond acceptors (Lipinski definition) is 3. The minimum absolute atomic E-state index is 0.0665. The predicted octanol–water partition coefficient (Wildman–Crippen LogP) is 0.991. The summed E-state index contributed by atoms with van der Waals surface area (Å²) in [6, 6.07) is 4.30. The van der Waals surface area contributed by atoms with E-state index in [2.05, 4.69) is 5.32 Å². The molecule has 0 aromatic heterocycles. The third kappa shape index (κ3) is 1.58. The Morgan fingerprint density at radius 1 is 1.62 bits per heavy atom. The van der Waals surface area contributed by atoms with Gasteiger partial charge in [0.15, 0.2) is 0 Å². The molecule has 0 saturated heterocycles. The number of anilines is 1. The molecule has 0 amide bonds. The lowest BCUT2D eigenvalue weighted by Gasteiger charge is -2.25. The third-order valence-electron chi connectivity index (χ3n) is 1.96. The van der Waals surface area contributed by atoms with Crippen LogP contribution in [0, 0.1) is 5.82 Å². The SMILES string of the molecule is OC[C@H]1CNc2ccc(F)cc2O1. The maximum atomic E-state index is 12.8. The lowest BCUT2D eigenvalue weighted by Crippen LogP contribution is -2.33. The molecule has 1 aliphatic heterocycles. The Morgan fingerprint density at radius 3 is 3.23 bits per heavy atom. The van der Waals surface area contributed by atoms with Crippen LogP contribution in [0.4, 0.5) is 10.1 Å². The van der Waals surface area contributed by atoms with Crippen LogP contribution in [0.5, 0.6) is 5.75 Å². The molecular formula is C9H10FNO2. The second-order valence-electron chi connectivity index (χ2n) is 2.94. The molecule has 1 aromatic rings. The molecular weight excluding hydrogens is 173 g/mol. The summed E-state index contributed by atoms with van der Waals surface area (Å²) in [4.78, 5) is 0. The second-order valence-corrected chi connectivity index (χ2v) is 2.94. The zero-order chi connectivity index (χ0) is 9.26. The standard InChI is InChI=1S/C9H10FNO2/c10-6-1-2-8-9(3-6)13-7(5-12)4-11-8/h1-3,7,11-12H,4-5H2/t7-/m1/s1. The fourth-order valence-electron chi connectivity index (χ4n) is 1.29. The fraction of sp³-hybridized carbons (Fsp3) is 0.333. The van der Waals surface area contributed by atoms with Crippen LogP contribution >= 0.6 is 0 Å². The van der Waals surface area contributed by atoms with Crippen LogP contribution in [-0.4, -0.2) is 24.4 Å². The van der Waals surface area contributed by atoms with Crippen molar-refractivity contribution in [2.75, 3.05) is 18.5 Å². The number of rotatable bonds is 1. The molecule has 1 atom stereocenters. The molecule has 2 N–H and O–H groups in total. The van der Waals surface area contributed by atoms with E-state index in [1.807, 2.05) is 0 Å². The largest absolute Gasteiger partial charge is 0.484 e. The maximum absolute atomic E-state index is 12.8. The van der Waals surface area contributed by atoms with Gasteiger partial charge in [0.25, 0.3) is 0 Å². The predicted molar refractivity (Wildman–Crippen MR) is 46.4 cm³/mol. The van der Waals surface area contributed by atoms with E-state index in [-0.39, 0.29) is 18.5 Å². The Kier molecular flexibility index (Phi) is 2.06. The number of hydrogen-bond donors (Lipinski definition) is 2. The van der Waals surface area contributed by atoms with Gasteiger partial charge in [-0.05, 0) is 12.1 Å². The van der Waals surface area contributed by atoms with Crippen molar-refractivity contribution in [3.63, 3.8) is 0 Å². The lowest BCUT2D eigenvalue weighted by atomic mass is 10.2. The summed E-state index contributed by atoms with van der Waals surface area (Å²) < 4.78 is 18.1. The first kappa shape index (κ1) is 8.31. The van der Waals surface area contributed by atoms with Crippen molar-refractivity contribution in [1.82, 2.24) is 0 Å². The van der Waals surface area contributed by atoms with Gasteiger partial charge < -0.3 is 15.2 Å². The third-order valence-corrected chi connectivity index (χ3v) is 1.96. The Morgan fingerprint density at radius 2 is 2.46 bits per heavy atom. The zero-order valence-corrected chi connectivity index (χ0v) is 6.96. The zero-order valence-electron chi connectivity index (χ0n) is 6.96. The molecule has 1 aliphatic rings.